The van der Waals surface area contributed by atoms with Crippen LogP contribution in [0.4, 0.5) is 5.69 Å². The predicted octanol–water partition coefficient (Wildman–Crippen LogP) is 1.35. The Morgan fingerprint density at radius 3 is 2.42 bits per heavy atom. The van der Waals surface area contributed by atoms with Gasteiger partial charge in [-0.05, 0) is 29.8 Å². The molecule has 7 nitrogen and oxygen atoms in total. The van der Waals surface area contributed by atoms with Gasteiger partial charge in [0.1, 0.15) is 5.56 Å². The lowest BCUT2D eigenvalue weighted by molar-refractivity contribution is -0.255. The molecule has 0 fully saturated rings. The Morgan fingerprint density at radius 1 is 1.12 bits per heavy atom. The van der Waals surface area contributed by atoms with Gasteiger partial charge >= 0.3 is 5.97 Å². The minimum Gasteiger partial charge on any atom is -0.545 e. The highest BCUT2D eigenvalue weighted by Gasteiger charge is 2.35. The maximum absolute atomic E-state index is 12.2. The second-order valence-corrected chi connectivity index (χ2v) is 5.06. The van der Waals surface area contributed by atoms with Crippen molar-refractivity contribution in [1.82, 2.24) is 0 Å². The second-order valence-electron chi connectivity index (χ2n) is 5.06. The third-order valence-corrected chi connectivity index (χ3v) is 3.71. The lowest BCUT2D eigenvalue weighted by atomic mass is 10.1. The van der Waals surface area contributed by atoms with E-state index in [1.165, 1.54) is 26.4 Å². The van der Waals surface area contributed by atoms with E-state index in [-0.39, 0.29) is 5.56 Å². The zero-order valence-corrected chi connectivity index (χ0v) is 13.0. The van der Waals surface area contributed by atoms with Gasteiger partial charge in [-0.1, -0.05) is 12.1 Å². The summed E-state index contributed by atoms with van der Waals surface area (Å²) in [5.74, 6) is -1.02. The van der Waals surface area contributed by atoms with Crippen LogP contribution in [0.3, 0.4) is 0 Å². The Balaban J connectivity index is 1.91. The molecule has 2 aromatic carbocycles. The van der Waals surface area contributed by atoms with E-state index in [0.29, 0.717) is 28.3 Å². The van der Waals surface area contributed by atoms with Crippen molar-refractivity contribution in [2.24, 2.45) is 0 Å². The normalized spacial score (nSPS) is 15.4. The van der Waals surface area contributed by atoms with Crippen molar-refractivity contribution in [3.05, 3.63) is 53.1 Å². The number of fused-ring (bicyclic) bond motifs is 1. The number of carboxylic acids is 1. The largest absolute Gasteiger partial charge is 0.545 e. The second kappa shape index (κ2) is 6.11. The fourth-order valence-corrected chi connectivity index (χ4v) is 2.56. The average molecular weight is 328 g/mol. The number of anilines is 1. The molecule has 0 saturated heterocycles. The molecule has 1 atom stereocenters. The first-order valence-corrected chi connectivity index (χ1v) is 7.09. The predicted molar refractivity (Wildman–Crippen MR) is 82.1 cm³/mol. The van der Waals surface area contributed by atoms with Gasteiger partial charge in [0.05, 0.1) is 20.2 Å². The van der Waals surface area contributed by atoms with Crippen molar-refractivity contribution in [3.8, 4) is 11.5 Å². The topological polar surface area (TPSA) is 96.9 Å². The molecule has 124 valence electrons. The number of aromatic carboxylic acids is 1. The van der Waals surface area contributed by atoms with Crippen molar-refractivity contribution >= 4 is 17.6 Å². The van der Waals surface area contributed by atoms with E-state index in [1.807, 2.05) is 0 Å². The van der Waals surface area contributed by atoms with Crippen LogP contribution in [0.15, 0.2) is 36.4 Å². The highest BCUT2D eigenvalue weighted by molar-refractivity contribution is 5.98. The molecule has 0 aromatic heterocycles. The third kappa shape index (κ3) is 2.60. The van der Waals surface area contributed by atoms with Crippen molar-refractivity contribution in [3.63, 3.8) is 0 Å². The zero-order chi connectivity index (χ0) is 17.3. The first-order chi connectivity index (χ1) is 11.5. The number of carbonyl (C=O) groups is 2. The van der Waals surface area contributed by atoms with Gasteiger partial charge in [0.25, 0.3) is 0 Å². The van der Waals surface area contributed by atoms with Crippen LogP contribution in [0, 0.1) is 0 Å². The number of esters is 1. The Bertz CT molecular complexity index is 799. The summed E-state index contributed by atoms with van der Waals surface area (Å²) >= 11 is 0. The van der Waals surface area contributed by atoms with Crippen molar-refractivity contribution in [2.45, 2.75) is 6.23 Å². The van der Waals surface area contributed by atoms with Gasteiger partial charge < -0.3 is 29.4 Å². The summed E-state index contributed by atoms with van der Waals surface area (Å²) in [5.41, 5.74) is 1.58. The van der Waals surface area contributed by atoms with E-state index >= 15 is 0 Å². The van der Waals surface area contributed by atoms with Crippen molar-refractivity contribution in [2.75, 3.05) is 19.5 Å². The Labute approximate surface area is 137 Å². The van der Waals surface area contributed by atoms with E-state index in [4.69, 9.17) is 14.2 Å². The number of carbonyl (C=O) groups excluding carboxylic acids is 2. The molecule has 7 heteroatoms. The quantitative estimate of drug-likeness (QED) is 0.827. The molecular formula is C17H14NO6-. The Morgan fingerprint density at radius 2 is 1.83 bits per heavy atom. The van der Waals surface area contributed by atoms with Gasteiger partial charge in [0, 0.05) is 11.3 Å². The molecule has 1 N–H and O–H groups in total. The van der Waals surface area contributed by atoms with Gasteiger partial charge in [-0.3, -0.25) is 0 Å². The summed E-state index contributed by atoms with van der Waals surface area (Å²) in [6.07, 6.45) is -0.707. The molecule has 3 rings (SSSR count). The summed E-state index contributed by atoms with van der Waals surface area (Å²) in [5, 5.41) is 13.8. The third-order valence-electron chi connectivity index (χ3n) is 3.71. The Kier molecular flexibility index (Phi) is 3.99. The smallest absolute Gasteiger partial charge is 0.344 e. The maximum atomic E-state index is 12.2. The number of cyclic esters (lactones) is 1. The van der Waals surface area contributed by atoms with Crippen LogP contribution in [0.1, 0.15) is 32.5 Å². The minimum atomic E-state index is -1.25. The van der Waals surface area contributed by atoms with E-state index in [9.17, 15) is 14.7 Å². The minimum absolute atomic E-state index is 0.0655. The highest BCUT2D eigenvalue weighted by Crippen LogP contribution is 2.41. The molecule has 0 bridgehead atoms. The van der Waals surface area contributed by atoms with Gasteiger partial charge in [-0.2, -0.15) is 0 Å². The number of hydrogen-bond acceptors (Lipinski definition) is 7. The fourth-order valence-electron chi connectivity index (χ4n) is 2.56. The van der Waals surface area contributed by atoms with Crippen LogP contribution in [0.25, 0.3) is 0 Å². The zero-order valence-electron chi connectivity index (χ0n) is 13.0. The summed E-state index contributed by atoms with van der Waals surface area (Å²) in [4.78, 5) is 22.9. The van der Waals surface area contributed by atoms with Gasteiger partial charge in [0.2, 0.25) is 6.23 Å². The van der Waals surface area contributed by atoms with Crippen molar-refractivity contribution < 1.29 is 28.9 Å². The molecule has 2 aromatic rings. The number of ether oxygens (including phenoxy) is 3. The summed E-state index contributed by atoms with van der Waals surface area (Å²) in [6.45, 7) is 0. The number of hydrogen-bond donors (Lipinski definition) is 1. The molecule has 0 spiro atoms. The standard InChI is InChI=1S/C17H15NO6/c1-22-12-8-7-11-13(14(12)23-2)17(21)24-15(11)18-10-5-3-9(4-6-10)16(19)20/h3-8,15,18H,1-2H3,(H,19,20)/p-1/t15-/m0/s1. The fraction of sp³-hybridized carbons (Fsp3) is 0.176. The maximum Gasteiger partial charge on any atom is 0.344 e. The first-order valence-electron chi connectivity index (χ1n) is 7.09. The molecule has 0 radical (unpaired) electrons. The van der Waals surface area contributed by atoms with Crippen LogP contribution in [-0.4, -0.2) is 26.2 Å². The molecule has 1 aliphatic heterocycles. The first kappa shape index (κ1) is 15.7. The van der Waals surface area contributed by atoms with E-state index in [2.05, 4.69) is 5.32 Å². The molecule has 0 amide bonds. The van der Waals surface area contributed by atoms with E-state index in [1.54, 1.807) is 24.3 Å². The van der Waals surface area contributed by atoms with E-state index in [0.717, 1.165) is 0 Å². The average Bonchev–Trinajstić information content (AvgIpc) is 2.90. The Hall–Kier alpha value is -3.22. The van der Waals surface area contributed by atoms with Gasteiger partial charge in [-0.15, -0.1) is 0 Å². The van der Waals surface area contributed by atoms with Crippen LogP contribution in [0.2, 0.25) is 0 Å². The van der Waals surface area contributed by atoms with Gasteiger partial charge in [0.15, 0.2) is 11.5 Å². The van der Waals surface area contributed by atoms with Crippen molar-refractivity contribution in [1.29, 1.82) is 0 Å². The molecule has 0 unspecified atom stereocenters. The van der Waals surface area contributed by atoms with E-state index < -0.39 is 18.2 Å². The number of nitrogens with one attached hydrogen (secondary N) is 1. The summed E-state index contributed by atoms with van der Waals surface area (Å²) in [7, 11) is 2.93. The number of carboxylic acid groups (broad SMARTS) is 1. The molecule has 1 heterocycles. The monoisotopic (exact) mass is 328 g/mol. The molecule has 0 saturated carbocycles. The SMILES string of the molecule is COc1ccc2c(c1OC)C(=O)O[C@@H]2Nc1ccc(C(=O)[O-])cc1. The van der Waals surface area contributed by atoms with Crippen LogP contribution in [-0.2, 0) is 4.74 Å². The summed E-state index contributed by atoms with van der Waals surface area (Å²) < 4.78 is 15.8. The number of rotatable bonds is 5. The lowest BCUT2D eigenvalue weighted by Gasteiger charge is -2.15. The van der Waals surface area contributed by atoms with Crippen LogP contribution in [0.5, 0.6) is 11.5 Å². The molecule has 24 heavy (non-hydrogen) atoms. The summed E-state index contributed by atoms with van der Waals surface area (Å²) in [6, 6.07) is 9.35. The molecule has 1 aliphatic rings. The lowest BCUT2D eigenvalue weighted by Crippen LogP contribution is -2.22. The number of methoxy groups -OCH3 is 2. The van der Waals surface area contributed by atoms with Crippen LogP contribution < -0.4 is 19.9 Å². The van der Waals surface area contributed by atoms with Gasteiger partial charge in [-0.25, -0.2) is 4.79 Å². The molecule has 0 aliphatic carbocycles. The highest BCUT2D eigenvalue weighted by atomic mass is 16.6. The molecular weight excluding hydrogens is 314 g/mol. The van der Waals surface area contributed by atoms with Crippen LogP contribution >= 0.6 is 0 Å². The number of benzene rings is 2.